The SMILES string of the molecule is CNCc1sc(N(C)C(C)Cc2cccs2)nc1COC. The van der Waals surface area contributed by atoms with Gasteiger partial charge in [-0.1, -0.05) is 6.07 Å². The van der Waals surface area contributed by atoms with E-state index in [1.807, 2.05) is 18.4 Å². The van der Waals surface area contributed by atoms with Gasteiger partial charge < -0.3 is 15.0 Å². The van der Waals surface area contributed by atoms with Gasteiger partial charge in [-0.3, -0.25) is 0 Å². The first-order valence-corrected chi connectivity index (χ1v) is 8.72. The summed E-state index contributed by atoms with van der Waals surface area (Å²) < 4.78 is 5.25. The normalized spacial score (nSPS) is 12.6. The van der Waals surface area contributed by atoms with Gasteiger partial charge in [0.1, 0.15) is 0 Å². The minimum absolute atomic E-state index is 0.424. The molecule has 1 unspecified atom stereocenters. The van der Waals surface area contributed by atoms with Crippen LogP contribution in [0.5, 0.6) is 0 Å². The second-order valence-electron chi connectivity index (χ2n) is 5.07. The quantitative estimate of drug-likeness (QED) is 0.809. The molecule has 0 bridgehead atoms. The number of methoxy groups -OCH3 is 1. The van der Waals surface area contributed by atoms with Crippen LogP contribution in [0.4, 0.5) is 5.13 Å². The predicted octanol–water partition coefficient (Wildman–Crippen LogP) is 3.14. The maximum atomic E-state index is 5.25. The fourth-order valence-electron chi connectivity index (χ4n) is 2.11. The van der Waals surface area contributed by atoms with Crippen molar-refractivity contribution in [1.82, 2.24) is 10.3 Å². The third-order valence-corrected chi connectivity index (χ3v) is 5.51. The fourth-order valence-corrected chi connectivity index (χ4v) is 4.08. The maximum Gasteiger partial charge on any atom is 0.185 e. The first-order chi connectivity index (χ1) is 10.2. The molecule has 1 atom stereocenters. The predicted molar refractivity (Wildman–Crippen MR) is 91.5 cm³/mol. The van der Waals surface area contributed by atoms with Gasteiger partial charge in [0.05, 0.1) is 12.3 Å². The summed E-state index contributed by atoms with van der Waals surface area (Å²) in [6, 6.07) is 4.73. The van der Waals surface area contributed by atoms with E-state index in [1.165, 1.54) is 9.75 Å². The van der Waals surface area contributed by atoms with E-state index < -0.39 is 0 Å². The summed E-state index contributed by atoms with van der Waals surface area (Å²) in [5.41, 5.74) is 1.04. The second-order valence-corrected chi connectivity index (χ2v) is 7.17. The van der Waals surface area contributed by atoms with Crippen molar-refractivity contribution in [3.8, 4) is 0 Å². The van der Waals surface area contributed by atoms with Crippen LogP contribution in [0.2, 0.25) is 0 Å². The molecule has 21 heavy (non-hydrogen) atoms. The molecule has 2 rings (SSSR count). The number of rotatable bonds is 8. The van der Waals surface area contributed by atoms with Crippen LogP contribution in [0, 0.1) is 0 Å². The molecule has 2 aromatic rings. The highest BCUT2D eigenvalue weighted by Gasteiger charge is 2.18. The van der Waals surface area contributed by atoms with Crippen LogP contribution in [0.1, 0.15) is 22.4 Å². The molecule has 4 nitrogen and oxygen atoms in total. The van der Waals surface area contributed by atoms with E-state index in [-0.39, 0.29) is 0 Å². The number of anilines is 1. The third kappa shape index (κ3) is 4.26. The van der Waals surface area contributed by atoms with Crippen molar-refractivity contribution in [3.05, 3.63) is 33.0 Å². The van der Waals surface area contributed by atoms with E-state index >= 15 is 0 Å². The number of likely N-dealkylation sites (N-methyl/N-ethyl adjacent to an activating group) is 1. The van der Waals surface area contributed by atoms with Crippen molar-refractivity contribution < 1.29 is 4.74 Å². The fraction of sp³-hybridized carbons (Fsp3) is 0.533. The van der Waals surface area contributed by atoms with Crippen molar-refractivity contribution in [3.63, 3.8) is 0 Å². The van der Waals surface area contributed by atoms with Gasteiger partial charge in [0.2, 0.25) is 0 Å². The number of hydrogen-bond acceptors (Lipinski definition) is 6. The van der Waals surface area contributed by atoms with Gasteiger partial charge in [0, 0.05) is 42.9 Å². The van der Waals surface area contributed by atoms with Crippen molar-refractivity contribution >= 4 is 27.8 Å². The Morgan fingerprint density at radius 1 is 1.48 bits per heavy atom. The number of thiazole rings is 1. The van der Waals surface area contributed by atoms with Gasteiger partial charge in [-0.2, -0.15) is 0 Å². The Kier molecular flexibility index (Phi) is 6.17. The van der Waals surface area contributed by atoms with Crippen LogP contribution in [0.3, 0.4) is 0 Å². The summed E-state index contributed by atoms with van der Waals surface area (Å²) >= 11 is 3.56. The molecule has 116 valence electrons. The third-order valence-electron chi connectivity index (χ3n) is 3.42. The molecule has 6 heteroatoms. The Labute approximate surface area is 134 Å². The number of hydrogen-bond donors (Lipinski definition) is 1. The molecule has 1 N–H and O–H groups in total. The first-order valence-electron chi connectivity index (χ1n) is 7.03. The summed E-state index contributed by atoms with van der Waals surface area (Å²) in [6.45, 7) is 3.65. The first kappa shape index (κ1) is 16.4. The van der Waals surface area contributed by atoms with Gasteiger partial charge in [-0.25, -0.2) is 4.98 Å². The average Bonchev–Trinajstić information content (AvgIpc) is 3.09. The van der Waals surface area contributed by atoms with Crippen LogP contribution >= 0.6 is 22.7 Å². The Hall–Kier alpha value is -0.950. The Morgan fingerprint density at radius 3 is 2.90 bits per heavy atom. The lowest BCUT2D eigenvalue weighted by Gasteiger charge is -2.23. The highest BCUT2D eigenvalue weighted by atomic mass is 32.1. The van der Waals surface area contributed by atoms with Crippen molar-refractivity contribution in [1.29, 1.82) is 0 Å². The number of aromatic nitrogens is 1. The highest BCUT2D eigenvalue weighted by molar-refractivity contribution is 7.15. The largest absolute Gasteiger partial charge is 0.378 e. The second kappa shape index (κ2) is 7.89. The van der Waals surface area contributed by atoms with E-state index in [2.05, 4.69) is 41.7 Å². The summed E-state index contributed by atoms with van der Waals surface area (Å²) in [7, 11) is 5.79. The molecule has 0 aromatic carbocycles. The number of nitrogens with zero attached hydrogens (tertiary/aromatic N) is 2. The molecular formula is C15H23N3OS2. The van der Waals surface area contributed by atoms with Gasteiger partial charge in [-0.15, -0.1) is 22.7 Å². The van der Waals surface area contributed by atoms with Crippen molar-refractivity contribution in [2.24, 2.45) is 0 Å². The molecule has 2 heterocycles. The zero-order chi connectivity index (χ0) is 15.2. The Morgan fingerprint density at radius 2 is 2.29 bits per heavy atom. The maximum absolute atomic E-state index is 5.25. The van der Waals surface area contributed by atoms with Gasteiger partial charge in [-0.05, 0) is 25.4 Å². The van der Waals surface area contributed by atoms with Crippen LogP contribution in [0.25, 0.3) is 0 Å². The monoisotopic (exact) mass is 325 g/mol. The molecule has 0 aliphatic rings. The van der Waals surface area contributed by atoms with E-state index in [1.54, 1.807) is 18.4 Å². The lowest BCUT2D eigenvalue weighted by atomic mass is 10.2. The number of ether oxygens (including phenoxy) is 1. The molecule has 0 radical (unpaired) electrons. The lowest BCUT2D eigenvalue weighted by molar-refractivity contribution is 0.181. The number of thiophene rings is 1. The standard InChI is InChI=1S/C15H23N3OS2/c1-11(8-12-6-5-7-20-12)18(3)15-17-13(10-19-4)14(21-15)9-16-2/h5-7,11,16H,8-10H2,1-4H3. The van der Waals surface area contributed by atoms with Crippen LogP contribution in [0.15, 0.2) is 17.5 Å². The molecule has 0 aliphatic carbocycles. The molecule has 0 aliphatic heterocycles. The van der Waals surface area contributed by atoms with E-state index in [9.17, 15) is 0 Å². The average molecular weight is 326 g/mol. The molecule has 0 saturated heterocycles. The van der Waals surface area contributed by atoms with Crippen LogP contribution in [-0.2, 0) is 24.3 Å². The molecule has 0 saturated carbocycles. The summed E-state index contributed by atoms with van der Waals surface area (Å²) in [5.74, 6) is 0. The van der Waals surface area contributed by atoms with E-state index in [4.69, 9.17) is 9.72 Å². The molecule has 0 spiro atoms. The van der Waals surface area contributed by atoms with Crippen molar-refractivity contribution in [2.75, 3.05) is 26.1 Å². The Bertz CT molecular complexity index is 516. The van der Waals surface area contributed by atoms with Crippen LogP contribution in [-0.4, -0.2) is 32.2 Å². The lowest BCUT2D eigenvalue weighted by Crippen LogP contribution is -2.30. The zero-order valence-electron chi connectivity index (χ0n) is 13.0. The molecular weight excluding hydrogens is 302 g/mol. The van der Waals surface area contributed by atoms with Gasteiger partial charge >= 0.3 is 0 Å². The summed E-state index contributed by atoms with van der Waals surface area (Å²) in [5, 5.41) is 6.40. The highest BCUT2D eigenvalue weighted by Crippen LogP contribution is 2.28. The van der Waals surface area contributed by atoms with E-state index in [0.717, 1.165) is 23.8 Å². The summed E-state index contributed by atoms with van der Waals surface area (Å²) in [4.78, 5) is 9.69. The molecule has 2 aromatic heterocycles. The number of nitrogens with one attached hydrogen (secondary N) is 1. The van der Waals surface area contributed by atoms with E-state index in [0.29, 0.717) is 12.6 Å². The van der Waals surface area contributed by atoms with Gasteiger partial charge in [0.15, 0.2) is 5.13 Å². The van der Waals surface area contributed by atoms with Crippen molar-refractivity contribution in [2.45, 2.75) is 32.5 Å². The van der Waals surface area contributed by atoms with Gasteiger partial charge in [0.25, 0.3) is 0 Å². The zero-order valence-corrected chi connectivity index (χ0v) is 14.7. The summed E-state index contributed by atoms with van der Waals surface area (Å²) in [6.07, 6.45) is 1.05. The minimum atomic E-state index is 0.424. The Balaban J connectivity index is 2.10. The smallest absolute Gasteiger partial charge is 0.185 e. The molecule has 0 fully saturated rings. The molecule has 0 amide bonds. The minimum Gasteiger partial charge on any atom is -0.378 e. The topological polar surface area (TPSA) is 37.4 Å². The van der Waals surface area contributed by atoms with Crippen LogP contribution < -0.4 is 10.2 Å².